The van der Waals surface area contributed by atoms with Gasteiger partial charge in [0.1, 0.15) is 0 Å². The number of sulfonamides is 1. The van der Waals surface area contributed by atoms with Gasteiger partial charge in [0.2, 0.25) is 15.8 Å². The van der Waals surface area contributed by atoms with E-state index >= 15 is 0 Å². The maximum absolute atomic E-state index is 12.6. The van der Waals surface area contributed by atoms with Crippen molar-refractivity contribution in [3.8, 4) is 0 Å². The lowest BCUT2D eigenvalue weighted by Gasteiger charge is -2.26. The van der Waals surface area contributed by atoms with Crippen LogP contribution in [0.3, 0.4) is 0 Å². The first-order valence-corrected chi connectivity index (χ1v) is 11.8. The predicted molar refractivity (Wildman–Crippen MR) is 116 cm³/mol. The Morgan fingerprint density at radius 2 is 1.71 bits per heavy atom. The average molecular weight is 486 g/mol. The number of rotatable bonds is 8. The van der Waals surface area contributed by atoms with E-state index in [0.29, 0.717) is 37.7 Å². The molecular weight excluding hydrogens is 465 g/mol. The van der Waals surface area contributed by atoms with Gasteiger partial charge in [-0.1, -0.05) is 35.3 Å². The van der Waals surface area contributed by atoms with Crippen molar-refractivity contribution in [1.29, 1.82) is 0 Å². The van der Waals surface area contributed by atoms with Gasteiger partial charge >= 0.3 is 5.97 Å². The fraction of sp³-hybridized carbons (Fsp3) is 0.333. The van der Waals surface area contributed by atoms with Crippen LogP contribution in [-0.2, 0) is 30.7 Å². The van der Waals surface area contributed by atoms with Crippen LogP contribution in [0.5, 0.6) is 0 Å². The summed E-state index contributed by atoms with van der Waals surface area (Å²) in [6.45, 7) is 1.00. The first-order chi connectivity index (χ1) is 14.8. The lowest BCUT2D eigenvalue weighted by Crippen LogP contribution is -2.40. The average Bonchev–Trinajstić information content (AvgIpc) is 2.77. The molecule has 3 rings (SSSR count). The monoisotopic (exact) mass is 485 g/mol. The molecule has 1 saturated heterocycles. The molecule has 1 aliphatic rings. The Bertz CT molecular complexity index is 1050. The van der Waals surface area contributed by atoms with Gasteiger partial charge in [-0.3, -0.25) is 9.59 Å². The highest BCUT2D eigenvalue weighted by Gasteiger charge is 2.26. The van der Waals surface area contributed by atoms with Crippen LogP contribution in [0.2, 0.25) is 10.0 Å². The molecule has 1 fully saturated rings. The Labute approximate surface area is 190 Å². The summed E-state index contributed by atoms with van der Waals surface area (Å²) in [5.41, 5.74) is 1.01. The third-order valence-corrected chi connectivity index (χ3v) is 7.21. The molecule has 31 heavy (non-hydrogen) atoms. The fourth-order valence-electron chi connectivity index (χ4n) is 3.02. The van der Waals surface area contributed by atoms with Crippen molar-refractivity contribution < 1.29 is 27.5 Å². The van der Waals surface area contributed by atoms with Gasteiger partial charge in [-0.25, -0.2) is 8.42 Å². The summed E-state index contributed by atoms with van der Waals surface area (Å²) in [6, 6.07) is 10.8. The smallest absolute Gasteiger partial charge is 0.306 e. The molecule has 7 nitrogen and oxygen atoms in total. The van der Waals surface area contributed by atoms with Crippen LogP contribution in [0.15, 0.2) is 47.4 Å². The number of benzene rings is 2. The first-order valence-electron chi connectivity index (χ1n) is 9.58. The highest BCUT2D eigenvalue weighted by atomic mass is 35.5. The number of morpholine rings is 1. The molecular formula is C21H21Cl2NO6S. The molecule has 0 aromatic heterocycles. The molecule has 0 atom stereocenters. The maximum Gasteiger partial charge on any atom is 0.306 e. The Morgan fingerprint density at radius 3 is 2.35 bits per heavy atom. The lowest BCUT2D eigenvalue weighted by atomic mass is 10.1. The highest BCUT2D eigenvalue weighted by Crippen LogP contribution is 2.22. The maximum atomic E-state index is 12.6. The normalized spacial score (nSPS) is 14.9. The number of hydrogen-bond acceptors (Lipinski definition) is 6. The predicted octanol–water partition coefficient (Wildman–Crippen LogP) is 3.37. The Morgan fingerprint density at radius 1 is 1.03 bits per heavy atom. The van der Waals surface area contributed by atoms with E-state index in [0.717, 1.165) is 5.56 Å². The lowest BCUT2D eigenvalue weighted by molar-refractivity contribution is -0.142. The number of Topliss-reactive ketones (excluding diaryl/α,β-unsaturated/α-hetero) is 1. The topological polar surface area (TPSA) is 90.0 Å². The number of ether oxygens (including phenoxy) is 2. The van der Waals surface area contributed by atoms with Crippen molar-refractivity contribution >= 4 is 45.0 Å². The second-order valence-corrected chi connectivity index (χ2v) is 9.65. The first kappa shape index (κ1) is 23.7. The van der Waals surface area contributed by atoms with Crippen LogP contribution in [0.1, 0.15) is 22.3 Å². The van der Waals surface area contributed by atoms with E-state index in [9.17, 15) is 18.0 Å². The van der Waals surface area contributed by atoms with E-state index in [2.05, 4.69) is 0 Å². The van der Waals surface area contributed by atoms with Crippen molar-refractivity contribution in [2.45, 2.75) is 17.7 Å². The summed E-state index contributed by atoms with van der Waals surface area (Å²) >= 11 is 11.8. The molecule has 0 unspecified atom stereocenters. The van der Waals surface area contributed by atoms with Gasteiger partial charge in [-0.15, -0.1) is 0 Å². The number of carbonyl (C=O) groups excluding carboxylic acids is 2. The molecule has 0 bridgehead atoms. The van der Waals surface area contributed by atoms with E-state index in [1.54, 1.807) is 12.1 Å². The SMILES string of the molecule is O=C(CCc1ccc(S(=O)(=O)N2CCOCC2)cc1)OCC(=O)c1ccc(Cl)cc1Cl. The number of halogens is 2. The number of ketones is 1. The van der Waals surface area contributed by atoms with Crippen molar-refractivity contribution in [3.05, 3.63) is 63.6 Å². The standard InChI is InChI=1S/C21H21Cl2NO6S/c22-16-4-7-18(19(23)13-16)20(25)14-30-21(26)8-3-15-1-5-17(6-2-15)31(27,28)24-9-11-29-12-10-24/h1-2,4-7,13H,3,8-12,14H2. The molecule has 2 aromatic carbocycles. The van der Waals surface area contributed by atoms with Gasteiger partial charge in [0, 0.05) is 30.1 Å². The Hall–Kier alpha value is -1.97. The van der Waals surface area contributed by atoms with E-state index in [1.165, 1.54) is 34.6 Å². The zero-order valence-electron chi connectivity index (χ0n) is 16.6. The number of carbonyl (C=O) groups is 2. The van der Waals surface area contributed by atoms with Crippen LogP contribution in [0, 0.1) is 0 Å². The number of hydrogen-bond donors (Lipinski definition) is 0. The number of nitrogens with zero attached hydrogens (tertiary/aromatic N) is 1. The van der Waals surface area contributed by atoms with Crippen molar-refractivity contribution in [2.75, 3.05) is 32.9 Å². The minimum Gasteiger partial charge on any atom is -0.457 e. The molecule has 0 N–H and O–H groups in total. The van der Waals surface area contributed by atoms with Crippen LogP contribution in [-0.4, -0.2) is 57.4 Å². The summed E-state index contributed by atoms with van der Waals surface area (Å²) in [4.78, 5) is 24.3. The van der Waals surface area contributed by atoms with Crippen molar-refractivity contribution in [3.63, 3.8) is 0 Å². The van der Waals surface area contributed by atoms with E-state index in [1.807, 2.05) is 0 Å². The summed E-state index contributed by atoms with van der Waals surface area (Å²) in [5, 5.41) is 0.600. The fourth-order valence-corrected chi connectivity index (χ4v) is 4.94. The largest absolute Gasteiger partial charge is 0.457 e. The van der Waals surface area contributed by atoms with Crippen molar-refractivity contribution in [1.82, 2.24) is 4.31 Å². The van der Waals surface area contributed by atoms with Gasteiger partial charge in [0.25, 0.3) is 0 Å². The van der Waals surface area contributed by atoms with E-state index in [-0.39, 0.29) is 21.9 Å². The third-order valence-electron chi connectivity index (χ3n) is 4.74. The number of aryl methyl sites for hydroxylation is 1. The second-order valence-electron chi connectivity index (χ2n) is 6.87. The van der Waals surface area contributed by atoms with E-state index < -0.39 is 28.4 Å². The minimum absolute atomic E-state index is 0.0528. The molecule has 0 amide bonds. The molecule has 2 aromatic rings. The zero-order chi connectivity index (χ0) is 22.4. The molecule has 1 aliphatic heterocycles. The quantitative estimate of drug-likeness (QED) is 0.420. The van der Waals surface area contributed by atoms with Crippen LogP contribution in [0.25, 0.3) is 0 Å². The van der Waals surface area contributed by atoms with Crippen LogP contribution >= 0.6 is 23.2 Å². The molecule has 0 radical (unpaired) electrons. The summed E-state index contributed by atoms with van der Waals surface area (Å²) in [5.74, 6) is -0.962. The third kappa shape index (κ3) is 6.27. The van der Waals surface area contributed by atoms with Crippen molar-refractivity contribution in [2.24, 2.45) is 0 Å². The highest BCUT2D eigenvalue weighted by molar-refractivity contribution is 7.89. The summed E-state index contributed by atoms with van der Waals surface area (Å²) in [7, 11) is -3.56. The van der Waals surface area contributed by atoms with Gasteiger partial charge in [-0.05, 0) is 42.3 Å². The summed E-state index contributed by atoms with van der Waals surface area (Å²) < 4.78 is 36.9. The number of esters is 1. The molecule has 1 heterocycles. The molecule has 166 valence electrons. The second kappa shape index (κ2) is 10.6. The Balaban J connectivity index is 1.49. The van der Waals surface area contributed by atoms with Gasteiger partial charge in [0.15, 0.2) is 6.61 Å². The molecule has 0 spiro atoms. The molecule has 10 heteroatoms. The van der Waals surface area contributed by atoms with E-state index in [4.69, 9.17) is 32.7 Å². The summed E-state index contributed by atoms with van der Waals surface area (Å²) in [6.07, 6.45) is 0.407. The Kier molecular flexibility index (Phi) is 8.07. The zero-order valence-corrected chi connectivity index (χ0v) is 18.9. The molecule has 0 aliphatic carbocycles. The van der Waals surface area contributed by atoms with Gasteiger partial charge in [0.05, 0.1) is 23.1 Å². The van der Waals surface area contributed by atoms with Gasteiger partial charge < -0.3 is 9.47 Å². The van der Waals surface area contributed by atoms with Crippen LogP contribution < -0.4 is 0 Å². The molecule has 0 saturated carbocycles. The van der Waals surface area contributed by atoms with Crippen LogP contribution in [0.4, 0.5) is 0 Å². The minimum atomic E-state index is -3.56. The van der Waals surface area contributed by atoms with Gasteiger partial charge in [-0.2, -0.15) is 4.31 Å².